The number of nitrogens with one attached hydrogen (secondary N) is 1. The molecule has 1 heterocycles. The SMILES string of the molecule is O=C(O[C@H]1CCCC12CC2)c1n[nH]c2cc(OC(F)(F)F)ccc12. The van der Waals surface area contributed by atoms with Crippen molar-refractivity contribution in [3.63, 3.8) is 0 Å². The third-order valence-corrected chi connectivity index (χ3v) is 4.93. The molecule has 5 nitrogen and oxygen atoms in total. The van der Waals surface area contributed by atoms with Crippen LogP contribution in [0.1, 0.15) is 42.6 Å². The Morgan fingerprint density at radius 1 is 1.29 bits per heavy atom. The Kier molecular flexibility index (Phi) is 3.26. The molecule has 0 aliphatic heterocycles. The van der Waals surface area contributed by atoms with Crippen LogP contribution in [-0.4, -0.2) is 28.6 Å². The molecule has 1 aromatic heterocycles. The summed E-state index contributed by atoms with van der Waals surface area (Å²) in [6, 6.07) is 3.68. The van der Waals surface area contributed by atoms with E-state index in [0.717, 1.165) is 44.2 Å². The summed E-state index contributed by atoms with van der Waals surface area (Å²) in [6.07, 6.45) is 0.328. The van der Waals surface area contributed by atoms with Crippen LogP contribution < -0.4 is 4.74 Å². The number of carbonyl (C=O) groups is 1. The average molecular weight is 340 g/mol. The summed E-state index contributed by atoms with van der Waals surface area (Å²) in [5, 5.41) is 6.88. The van der Waals surface area contributed by atoms with Crippen LogP contribution in [0.4, 0.5) is 13.2 Å². The van der Waals surface area contributed by atoms with E-state index in [2.05, 4.69) is 14.9 Å². The number of aromatic nitrogens is 2. The molecule has 1 spiro atoms. The van der Waals surface area contributed by atoms with Gasteiger partial charge in [0, 0.05) is 16.9 Å². The van der Waals surface area contributed by atoms with Crippen LogP contribution in [0.5, 0.6) is 5.75 Å². The van der Waals surface area contributed by atoms with Gasteiger partial charge in [-0.25, -0.2) is 4.79 Å². The molecule has 1 N–H and O–H groups in total. The zero-order valence-electron chi connectivity index (χ0n) is 12.7. The summed E-state index contributed by atoms with van der Waals surface area (Å²) in [4.78, 5) is 12.4. The number of fused-ring (bicyclic) bond motifs is 1. The minimum absolute atomic E-state index is 0.0791. The molecule has 2 saturated carbocycles. The van der Waals surface area contributed by atoms with Gasteiger partial charge in [-0.3, -0.25) is 5.10 Å². The van der Waals surface area contributed by atoms with Crippen molar-refractivity contribution in [2.45, 2.75) is 44.6 Å². The third-order valence-electron chi connectivity index (χ3n) is 4.93. The summed E-state index contributed by atoms with van der Waals surface area (Å²) in [5.74, 6) is -0.907. The molecule has 0 radical (unpaired) electrons. The average Bonchev–Trinajstić information content (AvgIpc) is 2.98. The van der Waals surface area contributed by atoms with Gasteiger partial charge in [0.05, 0.1) is 5.52 Å². The number of halogens is 3. The van der Waals surface area contributed by atoms with Crippen LogP contribution in [0.2, 0.25) is 0 Å². The number of aromatic amines is 1. The zero-order chi connectivity index (χ0) is 16.9. The van der Waals surface area contributed by atoms with Crippen molar-refractivity contribution < 1.29 is 27.4 Å². The predicted octanol–water partition coefficient (Wildman–Crippen LogP) is 3.95. The van der Waals surface area contributed by atoms with Crippen molar-refractivity contribution in [3.05, 3.63) is 23.9 Å². The monoisotopic (exact) mass is 340 g/mol. The Morgan fingerprint density at radius 2 is 2.08 bits per heavy atom. The predicted molar refractivity (Wildman–Crippen MR) is 77.5 cm³/mol. The van der Waals surface area contributed by atoms with Crippen LogP contribution in [-0.2, 0) is 4.74 Å². The van der Waals surface area contributed by atoms with Gasteiger partial charge in [0.15, 0.2) is 5.69 Å². The van der Waals surface area contributed by atoms with Crippen molar-refractivity contribution >= 4 is 16.9 Å². The van der Waals surface area contributed by atoms with E-state index >= 15 is 0 Å². The summed E-state index contributed by atoms with van der Waals surface area (Å²) in [7, 11) is 0. The topological polar surface area (TPSA) is 64.2 Å². The van der Waals surface area contributed by atoms with Gasteiger partial charge in [0.1, 0.15) is 11.9 Å². The number of hydrogen-bond donors (Lipinski definition) is 1. The van der Waals surface area contributed by atoms with E-state index in [4.69, 9.17) is 4.74 Å². The normalized spacial score (nSPS) is 22.0. The maximum Gasteiger partial charge on any atom is 0.573 e. The standard InChI is InChI=1S/C16H15F3N2O3/c17-16(18,19)24-9-3-4-10-11(8-9)20-21-13(10)14(22)23-12-2-1-5-15(12)6-7-15/h3-4,8,12H,1-2,5-7H2,(H,20,21)/t12-/m0/s1. The molecule has 1 atom stereocenters. The van der Waals surface area contributed by atoms with Gasteiger partial charge in [-0.05, 0) is 44.2 Å². The molecule has 2 fully saturated rings. The van der Waals surface area contributed by atoms with Crippen LogP contribution >= 0.6 is 0 Å². The van der Waals surface area contributed by atoms with Gasteiger partial charge < -0.3 is 9.47 Å². The van der Waals surface area contributed by atoms with Gasteiger partial charge >= 0.3 is 12.3 Å². The van der Waals surface area contributed by atoms with Crippen LogP contribution in [0.3, 0.4) is 0 Å². The Labute approximate surface area is 135 Å². The summed E-state index contributed by atoms with van der Waals surface area (Å²) in [6.45, 7) is 0. The van der Waals surface area contributed by atoms with Gasteiger partial charge in [0.2, 0.25) is 0 Å². The fourth-order valence-electron chi connectivity index (χ4n) is 3.56. The van der Waals surface area contributed by atoms with Gasteiger partial charge in [-0.15, -0.1) is 13.2 Å². The van der Waals surface area contributed by atoms with E-state index < -0.39 is 12.3 Å². The van der Waals surface area contributed by atoms with Gasteiger partial charge in [-0.2, -0.15) is 5.10 Å². The number of alkyl halides is 3. The molecule has 0 saturated heterocycles. The zero-order valence-corrected chi connectivity index (χ0v) is 12.7. The molecule has 128 valence electrons. The number of carbonyl (C=O) groups excluding carboxylic acids is 1. The Morgan fingerprint density at radius 3 is 2.79 bits per heavy atom. The number of rotatable bonds is 3. The summed E-state index contributed by atoms with van der Waals surface area (Å²) in [5.41, 5.74) is 0.540. The Balaban J connectivity index is 1.55. The van der Waals surface area contributed by atoms with Gasteiger partial charge in [0.25, 0.3) is 0 Å². The maximum atomic E-state index is 12.4. The molecular weight excluding hydrogens is 325 g/mol. The molecule has 0 unspecified atom stereocenters. The minimum atomic E-state index is -4.77. The first-order valence-corrected chi connectivity index (χ1v) is 7.81. The molecule has 2 aliphatic rings. The Bertz CT molecular complexity index is 795. The second kappa shape index (κ2) is 5.12. The molecule has 1 aromatic carbocycles. The summed E-state index contributed by atoms with van der Waals surface area (Å²) >= 11 is 0. The van der Waals surface area contributed by atoms with E-state index in [1.165, 1.54) is 6.07 Å². The quantitative estimate of drug-likeness (QED) is 0.859. The highest BCUT2D eigenvalue weighted by Gasteiger charge is 2.54. The van der Waals surface area contributed by atoms with Crippen molar-refractivity contribution in [1.82, 2.24) is 10.2 Å². The molecule has 2 aliphatic carbocycles. The third kappa shape index (κ3) is 2.70. The van der Waals surface area contributed by atoms with E-state index in [-0.39, 0.29) is 28.5 Å². The molecule has 8 heteroatoms. The van der Waals surface area contributed by atoms with Crippen molar-refractivity contribution in [2.24, 2.45) is 5.41 Å². The maximum absolute atomic E-state index is 12.4. The second-order valence-corrected chi connectivity index (χ2v) is 6.48. The van der Waals surface area contributed by atoms with Crippen molar-refractivity contribution in [3.8, 4) is 5.75 Å². The molecule has 0 amide bonds. The number of benzene rings is 1. The fourth-order valence-corrected chi connectivity index (χ4v) is 3.56. The molecular formula is C16H15F3N2O3. The van der Waals surface area contributed by atoms with E-state index in [0.29, 0.717) is 5.39 Å². The highest BCUT2D eigenvalue weighted by molar-refractivity contribution is 6.02. The number of ether oxygens (including phenoxy) is 2. The van der Waals surface area contributed by atoms with Crippen molar-refractivity contribution in [2.75, 3.05) is 0 Å². The molecule has 0 bridgehead atoms. The number of nitrogens with zero attached hydrogens (tertiary/aromatic N) is 1. The lowest BCUT2D eigenvalue weighted by atomic mass is 10.0. The number of esters is 1. The minimum Gasteiger partial charge on any atom is -0.457 e. The first-order chi connectivity index (χ1) is 11.4. The fraction of sp³-hybridized carbons (Fsp3) is 0.500. The lowest BCUT2D eigenvalue weighted by molar-refractivity contribution is -0.274. The Hall–Kier alpha value is -2.25. The largest absolute Gasteiger partial charge is 0.573 e. The van der Waals surface area contributed by atoms with Gasteiger partial charge in [-0.1, -0.05) is 0 Å². The lowest BCUT2D eigenvalue weighted by Gasteiger charge is -2.18. The first-order valence-electron chi connectivity index (χ1n) is 7.81. The van der Waals surface area contributed by atoms with E-state index in [1.807, 2.05) is 0 Å². The lowest BCUT2D eigenvalue weighted by Crippen LogP contribution is -2.23. The molecule has 4 rings (SSSR count). The molecule has 24 heavy (non-hydrogen) atoms. The smallest absolute Gasteiger partial charge is 0.457 e. The highest BCUT2D eigenvalue weighted by atomic mass is 19.4. The van der Waals surface area contributed by atoms with Crippen molar-refractivity contribution in [1.29, 1.82) is 0 Å². The molecule has 2 aromatic rings. The van der Waals surface area contributed by atoms with Crippen LogP contribution in [0.25, 0.3) is 10.9 Å². The number of hydrogen-bond acceptors (Lipinski definition) is 4. The van der Waals surface area contributed by atoms with Crippen LogP contribution in [0.15, 0.2) is 18.2 Å². The summed E-state index contributed by atoms with van der Waals surface area (Å²) < 4.78 is 46.3. The van der Waals surface area contributed by atoms with E-state index in [9.17, 15) is 18.0 Å². The first kappa shape index (κ1) is 15.3. The second-order valence-electron chi connectivity index (χ2n) is 6.48. The van der Waals surface area contributed by atoms with Crippen LogP contribution in [0, 0.1) is 5.41 Å². The van der Waals surface area contributed by atoms with E-state index in [1.54, 1.807) is 0 Å². The highest BCUT2D eigenvalue weighted by Crippen LogP contribution is 2.59. The number of H-pyrrole nitrogens is 1.